The number of hydrogen-bond donors (Lipinski definition) is 1. The lowest BCUT2D eigenvalue weighted by Crippen LogP contribution is -2.42. The van der Waals surface area contributed by atoms with Crippen LogP contribution in [0.25, 0.3) is 0 Å². The van der Waals surface area contributed by atoms with Gasteiger partial charge in [0, 0.05) is 25.1 Å². The van der Waals surface area contributed by atoms with Gasteiger partial charge in [-0.05, 0) is 18.1 Å². The van der Waals surface area contributed by atoms with E-state index >= 15 is 0 Å². The van der Waals surface area contributed by atoms with Crippen LogP contribution in [0.3, 0.4) is 0 Å². The van der Waals surface area contributed by atoms with Crippen LogP contribution < -0.4 is 0 Å². The van der Waals surface area contributed by atoms with Gasteiger partial charge in [-0.15, -0.1) is 0 Å². The Bertz CT molecular complexity index is 882. The second-order valence-corrected chi connectivity index (χ2v) is 6.96. The van der Waals surface area contributed by atoms with Gasteiger partial charge in [0.05, 0.1) is 5.92 Å². The third-order valence-electron chi connectivity index (χ3n) is 5.33. The Hall–Kier alpha value is -2.92. The van der Waals surface area contributed by atoms with E-state index in [0.29, 0.717) is 19.5 Å². The van der Waals surface area contributed by atoms with Crippen molar-refractivity contribution in [1.29, 1.82) is 0 Å². The van der Waals surface area contributed by atoms with Crippen molar-refractivity contribution in [3.05, 3.63) is 88.8 Å². The van der Waals surface area contributed by atoms with E-state index in [1.807, 2.05) is 41.3 Å². The molecule has 138 valence electrons. The summed E-state index contributed by atoms with van der Waals surface area (Å²) in [5.41, 5.74) is 4.18. The van der Waals surface area contributed by atoms with Gasteiger partial charge in [0.1, 0.15) is 17.5 Å². The standard InChI is InChI=1S/C22H22N2O3/c1-15(22(25)26)24-13-12-19-18(14-24)21(23-27-19)20(16-8-4-2-5-9-16)17-10-6-3-7-11-17/h2-11,15,20H,12-14H2,1H3,(H,25,26)/t15-/m0/s1. The Balaban J connectivity index is 1.77. The fourth-order valence-corrected chi connectivity index (χ4v) is 3.76. The first-order valence-electron chi connectivity index (χ1n) is 9.19. The van der Waals surface area contributed by atoms with Crippen LogP contribution in [0.1, 0.15) is 41.0 Å². The molecular formula is C22H22N2O3. The van der Waals surface area contributed by atoms with E-state index in [-0.39, 0.29) is 5.92 Å². The smallest absolute Gasteiger partial charge is 0.320 e. The van der Waals surface area contributed by atoms with Gasteiger partial charge in [-0.3, -0.25) is 9.69 Å². The molecule has 0 radical (unpaired) electrons. The molecule has 1 aliphatic rings. The molecule has 0 bridgehead atoms. The molecule has 5 nitrogen and oxygen atoms in total. The van der Waals surface area contributed by atoms with Gasteiger partial charge in [0.15, 0.2) is 0 Å². The largest absolute Gasteiger partial charge is 0.480 e. The number of carboxylic acid groups (broad SMARTS) is 1. The van der Waals surface area contributed by atoms with Gasteiger partial charge in [-0.2, -0.15) is 0 Å². The van der Waals surface area contributed by atoms with Crippen LogP contribution >= 0.6 is 0 Å². The molecule has 0 saturated heterocycles. The lowest BCUT2D eigenvalue weighted by atomic mass is 9.85. The number of fused-ring (bicyclic) bond motifs is 1. The maximum Gasteiger partial charge on any atom is 0.320 e. The van der Waals surface area contributed by atoms with Crippen LogP contribution in [-0.4, -0.2) is 33.7 Å². The molecule has 2 aromatic carbocycles. The highest BCUT2D eigenvalue weighted by atomic mass is 16.5. The number of carbonyl (C=O) groups is 1. The van der Waals surface area contributed by atoms with E-state index in [1.54, 1.807) is 6.92 Å². The van der Waals surface area contributed by atoms with Crippen molar-refractivity contribution < 1.29 is 14.4 Å². The highest BCUT2D eigenvalue weighted by Crippen LogP contribution is 2.36. The molecule has 0 fully saturated rings. The zero-order valence-electron chi connectivity index (χ0n) is 15.2. The predicted octanol–water partition coefficient (Wildman–Crippen LogP) is 3.69. The van der Waals surface area contributed by atoms with Crippen molar-refractivity contribution in [3.63, 3.8) is 0 Å². The predicted molar refractivity (Wildman–Crippen MR) is 102 cm³/mol. The highest BCUT2D eigenvalue weighted by Gasteiger charge is 2.32. The molecule has 1 aromatic heterocycles. The number of aromatic nitrogens is 1. The molecule has 0 unspecified atom stereocenters. The fraction of sp³-hybridized carbons (Fsp3) is 0.273. The number of benzene rings is 2. The minimum Gasteiger partial charge on any atom is -0.480 e. The molecule has 1 aliphatic heterocycles. The number of nitrogens with zero attached hydrogens (tertiary/aromatic N) is 2. The zero-order valence-corrected chi connectivity index (χ0v) is 15.2. The third-order valence-corrected chi connectivity index (χ3v) is 5.33. The van der Waals surface area contributed by atoms with Gasteiger partial charge in [0.2, 0.25) is 0 Å². The monoisotopic (exact) mass is 362 g/mol. The van der Waals surface area contributed by atoms with Crippen LogP contribution in [0, 0.1) is 0 Å². The zero-order chi connectivity index (χ0) is 18.8. The summed E-state index contributed by atoms with van der Waals surface area (Å²) in [6.07, 6.45) is 0.677. The number of rotatable bonds is 5. The Morgan fingerprint density at radius 3 is 2.22 bits per heavy atom. The van der Waals surface area contributed by atoms with Crippen molar-refractivity contribution in [2.45, 2.75) is 31.8 Å². The lowest BCUT2D eigenvalue weighted by molar-refractivity contribution is -0.143. The SMILES string of the molecule is C[C@@H](C(=O)O)N1CCc2onc(C(c3ccccc3)c3ccccc3)c2C1. The lowest BCUT2D eigenvalue weighted by Gasteiger charge is -2.30. The van der Waals surface area contributed by atoms with Gasteiger partial charge in [0.25, 0.3) is 0 Å². The second kappa shape index (κ2) is 7.37. The summed E-state index contributed by atoms with van der Waals surface area (Å²) in [4.78, 5) is 13.4. The second-order valence-electron chi connectivity index (χ2n) is 6.96. The first-order chi connectivity index (χ1) is 13.1. The van der Waals surface area contributed by atoms with Gasteiger partial charge in [-0.25, -0.2) is 0 Å². The van der Waals surface area contributed by atoms with E-state index in [2.05, 4.69) is 29.4 Å². The Morgan fingerprint density at radius 2 is 1.67 bits per heavy atom. The van der Waals surface area contributed by atoms with Crippen molar-refractivity contribution >= 4 is 5.97 Å². The molecule has 1 atom stereocenters. The quantitative estimate of drug-likeness (QED) is 0.750. The highest BCUT2D eigenvalue weighted by molar-refractivity contribution is 5.73. The molecule has 0 aliphatic carbocycles. The minimum atomic E-state index is -0.806. The Kier molecular flexibility index (Phi) is 4.77. The van der Waals surface area contributed by atoms with Crippen LogP contribution in [-0.2, 0) is 17.8 Å². The molecule has 5 heteroatoms. The summed E-state index contributed by atoms with van der Waals surface area (Å²) in [5, 5.41) is 13.8. The van der Waals surface area contributed by atoms with Crippen molar-refractivity contribution in [1.82, 2.24) is 10.1 Å². The molecule has 0 saturated carbocycles. The van der Waals surface area contributed by atoms with Gasteiger partial charge in [-0.1, -0.05) is 65.8 Å². The first-order valence-corrected chi connectivity index (χ1v) is 9.19. The average Bonchev–Trinajstić information content (AvgIpc) is 3.12. The van der Waals surface area contributed by atoms with Crippen LogP contribution in [0.4, 0.5) is 0 Å². The van der Waals surface area contributed by atoms with E-state index in [4.69, 9.17) is 4.52 Å². The van der Waals surface area contributed by atoms with Crippen molar-refractivity contribution in [3.8, 4) is 0 Å². The molecule has 27 heavy (non-hydrogen) atoms. The van der Waals surface area contributed by atoms with Crippen molar-refractivity contribution in [2.24, 2.45) is 0 Å². The van der Waals surface area contributed by atoms with Gasteiger partial charge < -0.3 is 9.63 Å². The van der Waals surface area contributed by atoms with E-state index < -0.39 is 12.0 Å². The maximum absolute atomic E-state index is 11.4. The molecule has 3 aromatic rings. The molecular weight excluding hydrogens is 340 g/mol. The summed E-state index contributed by atoms with van der Waals surface area (Å²) in [7, 11) is 0. The fourth-order valence-electron chi connectivity index (χ4n) is 3.76. The first kappa shape index (κ1) is 17.5. The van der Waals surface area contributed by atoms with E-state index in [9.17, 15) is 9.90 Å². The Morgan fingerprint density at radius 1 is 1.07 bits per heavy atom. The van der Waals surface area contributed by atoms with E-state index in [1.165, 1.54) is 0 Å². The summed E-state index contributed by atoms with van der Waals surface area (Å²) in [6, 6.07) is 19.9. The summed E-state index contributed by atoms with van der Waals surface area (Å²) in [5.74, 6) is 0.0230. The van der Waals surface area contributed by atoms with Crippen molar-refractivity contribution in [2.75, 3.05) is 6.54 Å². The molecule has 0 spiro atoms. The molecule has 2 heterocycles. The molecule has 0 amide bonds. The van der Waals surface area contributed by atoms with Crippen LogP contribution in [0.15, 0.2) is 65.2 Å². The summed E-state index contributed by atoms with van der Waals surface area (Å²) >= 11 is 0. The van der Waals surface area contributed by atoms with E-state index in [0.717, 1.165) is 28.1 Å². The minimum absolute atomic E-state index is 0.0417. The van der Waals surface area contributed by atoms with Crippen LogP contribution in [0.2, 0.25) is 0 Å². The topological polar surface area (TPSA) is 66.6 Å². The number of hydrogen-bond acceptors (Lipinski definition) is 4. The summed E-state index contributed by atoms with van der Waals surface area (Å²) in [6.45, 7) is 2.93. The number of carboxylic acids is 1. The molecule has 4 rings (SSSR count). The maximum atomic E-state index is 11.4. The molecule has 1 N–H and O–H groups in total. The Labute approximate surface area is 158 Å². The normalized spacial score (nSPS) is 15.5. The third kappa shape index (κ3) is 3.38. The van der Waals surface area contributed by atoms with Gasteiger partial charge >= 0.3 is 5.97 Å². The van der Waals surface area contributed by atoms with Crippen LogP contribution in [0.5, 0.6) is 0 Å². The average molecular weight is 362 g/mol. The number of aliphatic carboxylic acids is 1. The summed E-state index contributed by atoms with van der Waals surface area (Å²) < 4.78 is 5.68.